The second kappa shape index (κ2) is 9.02. The normalized spacial score (nSPS) is 16.0. The zero-order valence-corrected chi connectivity index (χ0v) is 16.1. The van der Waals surface area contributed by atoms with Gasteiger partial charge in [0.05, 0.1) is 10.9 Å². The number of nitrogens with zero attached hydrogens (tertiary/aromatic N) is 1. The fourth-order valence-electron chi connectivity index (χ4n) is 2.92. The average molecular weight is 381 g/mol. The van der Waals surface area contributed by atoms with Crippen LogP contribution in [-0.4, -0.2) is 51.1 Å². The molecule has 1 atom stereocenters. The van der Waals surface area contributed by atoms with Crippen molar-refractivity contribution in [1.82, 2.24) is 15.5 Å². The highest BCUT2D eigenvalue weighted by atomic mass is 32.2. The van der Waals surface area contributed by atoms with E-state index in [4.69, 9.17) is 0 Å². The maximum Gasteiger partial charge on any atom is 0.315 e. The van der Waals surface area contributed by atoms with Crippen molar-refractivity contribution in [1.29, 1.82) is 0 Å². The molecule has 1 saturated heterocycles. The number of hydrogen-bond acceptors (Lipinski definition) is 4. The van der Waals surface area contributed by atoms with E-state index in [0.29, 0.717) is 13.0 Å². The maximum atomic E-state index is 12.0. The monoisotopic (exact) mass is 381 g/mol. The topological polar surface area (TPSA) is 95.6 Å². The first-order valence-electron chi connectivity index (χ1n) is 8.89. The van der Waals surface area contributed by atoms with Crippen LogP contribution in [0.2, 0.25) is 0 Å². The third kappa shape index (κ3) is 6.01. The van der Waals surface area contributed by atoms with Crippen molar-refractivity contribution in [2.24, 2.45) is 0 Å². The molecule has 1 aliphatic rings. The highest BCUT2D eigenvalue weighted by Gasteiger charge is 2.16. The number of rotatable bonds is 6. The second-order valence-corrected chi connectivity index (χ2v) is 8.67. The van der Waals surface area contributed by atoms with E-state index >= 15 is 0 Å². The van der Waals surface area contributed by atoms with Crippen LogP contribution in [0.3, 0.4) is 0 Å². The number of sulfone groups is 1. The summed E-state index contributed by atoms with van der Waals surface area (Å²) in [6.07, 6.45) is 4.73. The van der Waals surface area contributed by atoms with E-state index in [2.05, 4.69) is 10.6 Å². The van der Waals surface area contributed by atoms with Gasteiger partial charge in [0, 0.05) is 32.3 Å². The molecule has 1 fully saturated rings. The molecular weight excluding hydrogens is 354 g/mol. The summed E-state index contributed by atoms with van der Waals surface area (Å²) in [6, 6.07) is 5.79. The average Bonchev–Trinajstić information content (AvgIpc) is 2.61. The molecule has 2 N–H and O–H groups in total. The van der Waals surface area contributed by atoms with E-state index in [9.17, 15) is 18.0 Å². The van der Waals surface area contributed by atoms with Gasteiger partial charge in [-0.15, -0.1) is 0 Å². The predicted octanol–water partition coefficient (Wildman–Crippen LogP) is 1.85. The van der Waals surface area contributed by atoms with Gasteiger partial charge in [-0.3, -0.25) is 4.79 Å². The van der Waals surface area contributed by atoms with Gasteiger partial charge < -0.3 is 15.5 Å². The Morgan fingerprint density at radius 1 is 1.12 bits per heavy atom. The third-order valence-electron chi connectivity index (χ3n) is 4.49. The molecule has 3 amide bonds. The lowest BCUT2D eigenvalue weighted by Gasteiger charge is -2.26. The maximum absolute atomic E-state index is 12.0. The molecule has 144 valence electrons. The first-order chi connectivity index (χ1) is 12.3. The Bertz CT molecular complexity index is 725. The lowest BCUT2D eigenvalue weighted by atomic mass is 10.1. The molecule has 26 heavy (non-hydrogen) atoms. The van der Waals surface area contributed by atoms with Gasteiger partial charge in [-0.25, -0.2) is 13.2 Å². The fraction of sp³-hybridized carbons (Fsp3) is 0.556. The Labute approximate surface area is 155 Å². The van der Waals surface area contributed by atoms with E-state index < -0.39 is 9.84 Å². The Balaban J connectivity index is 1.75. The molecule has 8 heteroatoms. The fourth-order valence-corrected chi connectivity index (χ4v) is 3.55. The first-order valence-corrected chi connectivity index (χ1v) is 10.8. The Morgan fingerprint density at radius 3 is 2.31 bits per heavy atom. The van der Waals surface area contributed by atoms with E-state index in [1.165, 1.54) is 18.6 Å². The predicted molar refractivity (Wildman–Crippen MR) is 99.5 cm³/mol. The lowest BCUT2D eigenvalue weighted by Crippen LogP contribution is -2.41. The summed E-state index contributed by atoms with van der Waals surface area (Å²) in [5, 5.41) is 5.48. The van der Waals surface area contributed by atoms with Crippen LogP contribution in [0.25, 0.3) is 0 Å². The van der Waals surface area contributed by atoms with Gasteiger partial charge in [0.1, 0.15) is 0 Å². The Kier molecular flexibility index (Phi) is 7.02. The molecule has 1 aromatic rings. The van der Waals surface area contributed by atoms with Crippen LogP contribution in [0.15, 0.2) is 29.2 Å². The Hall–Kier alpha value is -2.09. The van der Waals surface area contributed by atoms with Crippen LogP contribution in [0.1, 0.15) is 44.2 Å². The highest BCUT2D eigenvalue weighted by molar-refractivity contribution is 7.90. The number of urea groups is 1. The number of piperidine rings is 1. The third-order valence-corrected chi connectivity index (χ3v) is 5.62. The molecule has 1 aromatic carbocycles. The molecule has 1 heterocycles. The van der Waals surface area contributed by atoms with Gasteiger partial charge in [0.25, 0.3) is 0 Å². The van der Waals surface area contributed by atoms with Gasteiger partial charge in [-0.2, -0.15) is 0 Å². The largest absolute Gasteiger partial charge is 0.343 e. The molecule has 0 saturated carbocycles. The summed E-state index contributed by atoms with van der Waals surface area (Å²) in [4.78, 5) is 26.1. The van der Waals surface area contributed by atoms with Crippen molar-refractivity contribution in [3.05, 3.63) is 29.8 Å². The number of carbonyl (C=O) groups excluding carboxylic acids is 2. The van der Waals surface area contributed by atoms with Crippen LogP contribution in [0, 0.1) is 0 Å². The molecule has 0 bridgehead atoms. The molecular formula is C18H27N3O4S. The number of nitrogens with one attached hydrogen (secondary N) is 2. The van der Waals surface area contributed by atoms with Gasteiger partial charge in [0.2, 0.25) is 5.91 Å². The minimum Gasteiger partial charge on any atom is -0.343 e. The highest BCUT2D eigenvalue weighted by Crippen LogP contribution is 2.16. The minimum absolute atomic E-state index is 0.0782. The molecule has 1 unspecified atom stereocenters. The van der Waals surface area contributed by atoms with Gasteiger partial charge in [0.15, 0.2) is 9.84 Å². The molecule has 0 radical (unpaired) electrons. The van der Waals surface area contributed by atoms with Crippen molar-refractivity contribution in [2.45, 2.75) is 43.5 Å². The van der Waals surface area contributed by atoms with Crippen LogP contribution < -0.4 is 10.6 Å². The summed E-state index contributed by atoms with van der Waals surface area (Å²) in [5.41, 5.74) is 0.803. The van der Waals surface area contributed by atoms with Gasteiger partial charge in [-0.05, 0) is 43.9 Å². The summed E-state index contributed by atoms with van der Waals surface area (Å²) in [5.74, 6) is 0.0782. The number of benzene rings is 1. The van der Waals surface area contributed by atoms with Crippen molar-refractivity contribution >= 4 is 21.8 Å². The number of hydrogen-bond donors (Lipinski definition) is 2. The van der Waals surface area contributed by atoms with E-state index in [-0.39, 0.29) is 22.9 Å². The zero-order valence-electron chi connectivity index (χ0n) is 15.3. The number of carbonyl (C=O) groups is 2. The van der Waals surface area contributed by atoms with Crippen molar-refractivity contribution in [3.8, 4) is 0 Å². The van der Waals surface area contributed by atoms with Gasteiger partial charge >= 0.3 is 6.03 Å². The van der Waals surface area contributed by atoms with E-state index in [1.54, 1.807) is 12.1 Å². The molecule has 0 spiro atoms. The molecule has 2 rings (SSSR count). The first kappa shape index (κ1) is 20.2. The summed E-state index contributed by atoms with van der Waals surface area (Å²) >= 11 is 0. The van der Waals surface area contributed by atoms with Crippen molar-refractivity contribution in [3.63, 3.8) is 0 Å². The Morgan fingerprint density at radius 2 is 1.73 bits per heavy atom. The van der Waals surface area contributed by atoms with Crippen molar-refractivity contribution in [2.75, 3.05) is 25.9 Å². The lowest BCUT2D eigenvalue weighted by molar-refractivity contribution is -0.131. The van der Waals surface area contributed by atoms with Gasteiger partial charge in [-0.1, -0.05) is 12.1 Å². The summed E-state index contributed by atoms with van der Waals surface area (Å²) in [6.45, 7) is 3.73. The summed E-state index contributed by atoms with van der Waals surface area (Å²) < 4.78 is 22.9. The minimum atomic E-state index is -3.23. The van der Waals surface area contributed by atoms with E-state index in [1.807, 2.05) is 11.8 Å². The van der Waals surface area contributed by atoms with Crippen LogP contribution in [-0.2, 0) is 14.6 Å². The molecule has 0 aromatic heterocycles. The molecule has 1 aliphatic heterocycles. The zero-order chi connectivity index (χ0) is 19.2. The van der Waals surface area contributed by atoms with Crippen LogP contribution in [0.5, 0.6) is 0 Å². The van der Waals surface area contributed by atoms with Crippen molar-refractivity contribution < 1.29 is 18.0 Å². The number of amides is 3. The second-order valence-electron chi connectivity index (χ2n) is 6.65. The SMILES string of the molecule is CC(NC(=O)NCCC(=O)N1CCCCC1)c1ccc(S(C)(=O)=O)cc1. The molecule has 0 aliphatic carbocycles. The van der Waals surface area contributed by atoms with Crippen LogP contribution in [0.4, 0.5) is 4.79 Å². The standard InChI is InChI=1S/C18H27N3O4S/c1-14(15-6-8-16(9-7-15)26(2,24)25)20-18(23)19-11-10-17(22)21-12-4-3-5-13-21/h6-9,14H,3-5,10-13H2,1-2H3,(H2,19,20,23). The smallest absolute Gasteiger partial charge is 0.315 e. The molecule has 7 nitrogen and oxygen atoms in total. The number of likely N-dealkylation sites (tertiary alicyclic amines) is 1. The van der Waals surface area contributed by atoms with E-state index in [0.717, 1.165) is 37.8 Å². The van der Waals surface area contributed by atoms with Crippen LogP contribution >= 0.6 is 0 Å². The summed E-state index contributed by atoms with van der Waals surface area (Å²) in [7, 11) is -3.23. The quantitative estimate of drug-likeness (QED) is 0.786.